The number of rotatable bonds is 3. The lowest BCUT2D eigenvalue weighted by molar-refractivity contribution is 0.0460. The van der Waals surface area contributed by atoms with E-state index in [4.69, 9.17) is 10.5 Å². The van der Waals surface area contributed by atoms with Gasteiger partial charge in [0.25, 0.3) is 0 Å². The van der Waals surface area contributed by atoms with E-state index in [1.165, 1.54) is 12.1 Å². The van der Waals surface area contributed by atoms with Crippen molar-refractivity contribution in [1.29, 1.82) is 0 Å². The number of esters is 1. The van der Waals surface area contributed by atoms with Crippen LogP contribution < -0.4 is 5.73 Å². The summed E-state index contributed by atoms with van der Waals surface area (Å²) < 4.78 is 20.3. The van der Waals surface area contributed by atoms with Crippen LogP contribution in [0.2, 0.25) is 0 Å². The zero-order chi connectivity index (χ0) is 14.0. The molecule has 0 saturated heterocycles. The molecule has 2 rings (SSSR count). The highest BCUT2D eigenvalue weighted by Gasteiger charge is 2.14. The minimum Gasteiger partial charge on any atom is -0.456 e. The molecule has 0 amide bonds. The molecule has 100 valence electrons. The first-order chi connectivity index (χ1) is 8.99. The van der Waals surface area contributed by atoms with E-state index in [1.54, 1.807) is 29.9 Å². The zero-order valence-electron chi connectivity index (χ0n) is 10.2. The average molecular weight is 327 g/mol. The van der Waals surface area contributed by atoms with Gasteiger partial charge in [-0.3, -0.25) is 0 Å². The summed E-state index contributed by atoms with van der Waals surface area (Å²) >= 11 is 3.11. The second-order valence-corrected chi connectivity index (χ2v) is 4.85. The van der Waals surface area contributed by atoms with Crippen LogP contribution in [-0.2, 0) is 18.4 Å². The third kappa shape index (κ3) is 2.96. The van der Waals surface area contributed by atoms with Crippen LogP contribution in [0.15, 0.2) is 34.9 Å². The van der Waals surface area contributed by atoms with Gasteiger partial charge in [-0.1, -0.05) is 12.1 Å². The Hall–Kier alpha value is -1.82. The molecule has 0 saturated carbocycles. The molecule has 0 bridgehead atoms. The lowest BCUT2D eigenvalue weighted by Crippen LogP contribution is -2.09. The molecule has 19 heavy (non-hydrogen) atoms. The number of ether oxygens (including phenoxy) is 1. The number of carbonyl (C=O) groups is 1. The number of nitrogens with two attached hydrogens (primary N) is 1. The molecular formula is C13H12BrFN2O2. The van der Waals surface area contributed by atoms with Gasteiger partial charge in [0.15, 0.2) is 0 Å². The van der Waals surface area contributed by atoms with Gasteiger partial charge in [-0.2, -0.15) is 0 Å². The highest BCUT2D eigenvalue weighted by atomic mass is 79.9. The maximum absolute atomic E-state index is 13.3. The maximum atomic E-state index is 13.3. The summed E-state index contributed by atoms with van der Waals surface area (Å²) in [4.78, 5) is 11.8. The van der Waals surface area contributed by atoms with Crippen molar-refractivity contribution < 1.29 is 13.9 Å². The number of carbonyl (C=O) groups excluding carboxylic acids is 1. The van der Waals surface area contributed by atoms with Crippen LogP contribution >= 0.6 is 15.9 Å². The Bertz CT molecular complexity index is 625. The van der Waals surface area contributed by atoms with Gasteiger partial charge in [-0.25, -0.2) is 9.18 Å². The highest BCUT2D eigenvalue weighted by Crippen LogP contribution is 2.21. The summed E-state index contributed by atoms with van der Waals surface area (Å²) in [6.07, 6.45) is 1.62. The minimum atomic E-state index is -0.504. The van der Waals surface area contributed by atoms with Crippen molar-refractivity contribution in [3.63, 3.8) is 0 Å². The zero-order valence-corrected chi connectivity index (χ0v) is 11.8. The second-order valence-electron chi connectivity index (χ2n) is 4.06. The molecule has 0 unspecified atom stereocenters. The van der Waals surface area contributed by atoms with Gasteiger partial charge >= 0.3 is 5.97 Å². The second kappa shape index (κ2) is 5.44. The van der Waals surface area contributed by atoms with Crippen molar-refractivity contribution in [1.82, 2.24) is 4.57 Å². The normalized spacial score (nSPS) is 10.5. The smallest absolute Gasteiger partial charge is 0.355 e. The van der Waals surface area contributed by atoms with Crippen LogP contribution in [0.3, 0.4) is 0 Å². The van der Waals surface area contributed by atoms with Gasteiger partial charge < -0.3 is 15.0 Å². The van der Waals surface area contributed by atoms with E-state index in [0.29, 0.717) is 21.4 Å². The maximum Gasteiger partial charge on any atom is 0.355 e. The molecule has 0 aliphatic carbocycles. The molecular weight excluding hydrogens is 315 g/mol. The standard InChI is InChI=1S/C13H12BrFN2O2/c1-17-6-9(16)5-11(17)13(18)19-7-8-3-2-4-10(15)12(8)14/h2-6H,7,16H2,1H3. The number of anilines is 1. The topological polar surface area (TPSA) is 57.2 Å². The first-order valence-electron chi connectivity index (χ1n) is 5.51. The Morgan fingerprint density at radius 2 is 2.26 bits per heavy atom. The number of aromatic nitrogens is 1. The molecule has 0 atom stereocenters. The largest absolute Gasteiger partial charge is 0.456 e. The summed E-state index contributed by atoms with van der Waals surface area (Å²) in [7, 11) is 1.70. The van der Waals surface area contributed by atoms with Gasteiger partial charge in [-0.15, -0.1) is 0 Å². The fraction of sp³-hybridized carbons (Fsp3) is 0.154. The molecule has 6 heteroatoms. The molecule has 0 aliphatic rings. The summed E-state index contributed by atoms with van der Waals surface area (Å²) in [6.45, 7) is -0.0116. The molecule has 0 radical (unpaired) electrons. The van der Waals surface area contributed by atoms with E-state index in [0.717, 1.165) is 0 Å². The molecule has 0 spiro atoms. The number of benzene rings is 1. The third-order valence-electron chi connectivity index (χ3n) is 2.63. The van der Waals surface area contributed by atoms with Crippen molar-refractivity contribution in [2.24, 2.45) is 7.05 Å². The molecule has 2 aromatic rings. The van der Waals surface area contributed by atoms with Crippen molar-refractivity contribution in [3.8, 4) is 0 Å². The Morgan fingerprint density at radius 1 is 1.53 bits per heavy atom. The van der Waals surface area contributed by atoms with E-state index >= 15 is 0 Å². The van der Waals surface area contributed by atoms with Crippen LogP contribution in [0.1, 0.15) is 16.1 Å². The number of nitrogens with zero attached hydrogens (tertiary/aromatic N) is 1. The number of hydrogen-bond acceptors (Lipinski definition) is 3. The predicted molar refractivity (Wildman–Crippen MR) is 73.0 cm³/mol. The summed E-state index contributed by atoms with van der Waals surface area (Å²) in [6, 6.07) is 6.10. The Balaban J connectivity index is 2.09. The lowest BCUT2D eigenvalue weighted by Gasteiger charge is -2.07. The lowest BCUT2D eigenvalue weighted by atomic mass is 10.2. The van der Waals surface area contributed by atoms with E-state index in [9.17, 15) is 9.18 Å². The van der Waals surface area contributed by atoms with Crippen molar-refractivity contribution >= 4 is 27.6 Å². The third-order valence-corrected chi connectivity index (χ3v) is 3.51. The quantitative estimate of drug-likeness (QED) is 0.882. The molecule has 4 nitrogen and oxygen atoms in total. The van der Waals surface area contributed by atoms with Gasteiger partial charge in [-0.05, 0) is 28.1 Å². The van der Waals surface area contributed by atoms with E-state index in [-0.39, 0.29) is 6.61 Å². The van der Waals surface area contributed by atoms with Gasteiger partial charge in [0, 0.05) is 18.8 Å². The SMILES string of the molecule is Cn1cc(N)cc1C(=O)OCc1cccc(F)c1Br. The van der Waals surface area contributed by atoms with E-state index in [1.807, 2.05) is 0 Å². The monoisotopic (exact) mass is 326 g/mol. The van der Waals surface area contributed by atoms with E-state index in [2.05, 4.69) is 15.9 Å². The molecule has 2 N–H and O–H groups in total. The molecule has 1 heterocycles. The van der Waals surface area contributed by atoms with Gasteiger partial charge in [0.2, 0.25) is 0 Å². The molecule has 0 aliphatic heterocycles. The van der Waals surface area contributed by atoms with Crippen LogP contribution in [-0.4, -0.2) is 10.5 Å². The van der Waals surface area contributed by atoms with Crippen molar-refractivity contribution in [2.75, 3.05) is 5.73 Å². The summed E-state index contributed by atoms with van der Waals surface area (Å²) in [5, 5.41) is 0. The fourth-order valence-electron chi connectivity index (χ4n) is 1.67. The van der Waals surface area contributed by atoms with Crippen molar-refractivity contribution in [2.45, 2.75) is 6.61 Å². The van der Waals surface area contributed by atoms with Gasteiger partial charge in [0.05, 0.1) is 10.2 Å². The summed E-state index contributed by atoms with van der Waals surface area (Å²) in [5.41, 5.74) is 6.99. The summed E-state index contributed by atoms with van der Waals surface area (Å²) in [5.74, 6) is -0.896. The first kappa shape index (κ1) is 13.6. The molecule has 0 fully saturated rings. The van der Waals surface area contributed by atoms with Crippen molar-refractivity contribution in [3.05, 3.63) is 52.0 Å². The highest BCUT2D eigenvalue weighted by molar-refractivity contribution is 9.10. The fourth-order valence-corrected chi connectivity index (χ4v) is 2.05. The number of nitrogen functional groups attached to an aromatic ring is 1. The van der Waals surface area contributed by atoms with E-state index < -0.39 is 11.8 Å². The molecule has 1 aromatic carbocycles. The number of halogens is 2. The minimum absolute atomic E-state index is 0.0116. The Kier molecular flexibility index (Phi) is 3.90. The van der Waals surface area contributed by atoms with Crippen LogP contribution in [0.4, 0.5) is 10.1 Å². The number of hydrogen-bond donors (Lipinski definition) is 1. The first-order valence-corrected chi connectivity index (χ1v) is 6.30. The van der Waals surface area contributed by atoms with Crippen LogP contribution in [0.5, 0.6) is 0 Å². The predicted octanol–water partition coefficient (Wildman–Crippen LogP) is 2.87. The Morgan fingerprint density at radius 3 is 2.89 bits per heavy atom. The average Bonchev–Trinajstić information content (AvgIpc) is 2.70. The number of aryl methyl sites for hydroxylation is 1. The van der Waals surface area contributed by atoms with Crippen LogP contribution in [0, 0.1) is 5.82 Å². The molecule has 1 aromatic heterocycles. The van der Waals surface area contributed by atoms with Crippen LogP contribution in [0.25, 0.3) is 0 Å². The Labute approximate surface area is 118 Å². The van der Waals surface area contributed by atoms with Gasteiger partial charge in [0.1, 0.15) is 18.1 Å².